The van der Waals surface area contributed by atoms with Crippen LogP contribution in [0.5, 0.6) is 0 Å². The highest BCUT2D eigenvalue weighted by Gasteiger charge is 2.66. The maximum absolute atomic E-state index is 14.4. The quantitative estimate of drug-likeness (QED) is 0.369. The van der Waals surface area contributed by atoms with Crippen LogP contribution >= 0.6 is 0 Å². The number of nitrogens with one attached hydrogen (secondary N) is 3. The van der Waals surface area contributed by atoms with E-state index < -0.39 is 54.5 Å². The third-order valence-corrected chi connectivity index (χ3v) is 9.17. The molecule has 4 heterocycles. The van der Waals surface area contributed by atoms with Crippen molar-refractivity contribution >= 4 is 0 Å². The Morgan fingerprint density at radius 2 is 1.57 bits per heavy atom. The van der Waals surface area contributed by atoms with Gasteiger partial charge >= 0.3 is 12.4 Å². The first kappa shape index (κ1) is 26.0. The van der Waals surface area contributed by atoms with Crippen molar-refractivity contribution in [3.8, 4) is 0 Å². The normalized spacial score (nSPS) is 46.0. The molecule has 5 rings (SSSR count). The first-order valence-corrected chi connectivity index (χ1v) is 13.0. The summed E-state index contributed by atoms with van der Waals surface area (Å²) < 4.78 is 90.8. The number of alkyl halides is 6. The molecule has 6 bridgehead atoms. The molecule has 5 fully saturated rings. The maximum Gasteiger partial charge on any atom is 0.421 e. The van der Waals surface area contributed by atoms with E-state index in [1.807, 2.05) is 4.90 Å². The number of piperidine rings is 1. The molecule has 0 radical (unpaired) electrons. The largest absolute Gasteiger partial charge is 0.421 e. The van der Waals surface area contributed by atoms with Crippen LogP contribution in [0.25, 0.3) is 0 Å². The van der Waals surface area contributed by atoms with Crippen LogP contribution < -0.4 is 16.2 Å². The van der Waals surface area contributed by atoms with Gasteiger partial charge in [-0.05, 0) is 57.4 Å². The summed E-state index contributed by atoms with van der Waals surface area (Å²) in [4.78, 5) is 1.94. The van der Waals surface area contributed by atoms with Gasteiger partial charge in [0.1, 0.15) is 6.23 Å². The minimum atomic E-state index is -4.92. The predicted molar refractivity (Wildman–Crippen MR) is 114 cm³/mol. The van der Waals surface area contributed by atoms with Gasteiger partial charge < -0.3 is 9.84 Å². The average molecular weight is 515 g/mol. The second kappa shape index (κ2) is 9.58. The van der Waals surface area contributed by atoms with Crippen molar-refractivity contribution in [2.45, 2.75) is 119 Å². The van der Waals surface area contributed by atoms with Gasteiger partial charge in [-0.3, -0.25) is 10.2 Å². The van der Waals surface area contributed by atoms with E-state index in [0.29, 0.717) is 13.0 Å². The molecule has 0 aromatic rings. The van der Waals surface area contributed by atoms with Crippen LogP contribution in [0.3, 0.4) is 0 Å². The molecule has 1 aliphatic carbocycles. The molecule has 4 aliphatic heterocycles. The van der Waals surface area contributed by atoms with Gasteiger partial charge in [-0.2, -0.15) is 26.3 Å². The van der Waals surface area contributed by atoms with Gasteiger partial charge in [-0.15, -0.1) is 0 Å². The van der Waals surface area contributed by atoms with E-state index in [2.05, 4.69) is 16.2 Å². The first-order valence-electron chi connectivity index (χ1n) is 13.0. The summed E-state index contributed by atoms with van der Waals surface area (Å²) >= 11 is 0. The van der Waals surface area contributed by atoms with Gasteiger partial charge in [-0.1, -0.05) is 25.7 Å². The minimum Gasteiger partial charge on any atom is -0.377 e. The number of nitrogens with zero attached hydrogens (tertiary/aromatic N) is 1. The number of ether oxygens (including phenoxy) is 1. The fourth-order valence-electron chi connectivity index (χ4n) is 7.35. The second-order valence-corrected chi connectivity index (χ2v) is 11.2. The Morgan fingerprint density at radius 1 is 0.857 bits per heavy atom. The Kier molecular flexibility index (Phi) is 7.11. The molecule has 4 N–H and O–H groups in total. The van der Waals surface area contributed by atoms with Crippen molar-refractivity contribution in [2.24, 2.45) is 17.8 Å². The Balaban J connectivity index is 1.46. The monoisotopic (exact) mass is 514 g/mol. The van der Waals surface area contributed by atoms with E-state index in [0.717, 1.165) is 38.5 Å². The zero-order valence-corrected chi connectivity index (χ0v) is 19.7. The van der Waals surface area contributed by atoms with E-state index in [9.17, 15) is 31.4 Å². The highest BCUT2D eigenvalue weighted by atomic mass is 19.4. The van der Waals surface area contributed by atoms with E-state index in [4.69, 9.17) is 4.74 Å². The lowest BCUT2D eigenvalue weighted by Crippen LogP contribution is -2.64. The lowest BCUT2D eigenvalue weighted by Gasteiger charge is -2.46. The van der Waals surface area contributed by atoms with Crippen LogP contribution in [-0.2, 0) is 4.74 Å². The van der Waals surface area contributed by atoms with Crippen molar-refractivity contribution in [1.29, 1.82) is 0 Å². The lowest BCUT2D eigenvalue weighted by molar-refractivity contribution is -0.320. The molecule has 35 heavy (non-hydrogen) atoms. The molecule has 202 valence electrons. The van der Waals surface area contributed by atoms with Crippen LogP contribution in [0.4, 0.5) is 26.3 Å². The maximum atomic E-state index is 14.4. The van der Waals surface area contributed by atoms with Gasteiger partial charge in [0.25, 0.3) is 0 Å². The standard InChI is InChI=1S/C23H36F6N4O2/c24-22(25,26)16-9-10-17-19-31-32-20(35-19)21(34,23(27,28)29)14-6-1-4-13(12-14)5-2-7-15-8-3-11-33(15)18(16)30-17/h13-20,30-32,34H,1-12H2/t13?,14?,15-,16?,17?,18?,19?,20?,21?/m0/s1. The van der Waals surface area contributed by atoms with Gasteiger partial charge in [0, 0.05) is 18.0 Å². The van der Waals surface area contributed by atoms with Crippen LogP contribution in [0.1, 0.15) is 70.6 Å². The first-order chi connectivity index (χ1) is 16.5. The van der Waals surface area contributed by atoms with Gasteiger partial charge in [0.2, 0.25) is 5.60 Å². The molecule has 0 spiro atoms. The molecule has 9 atom stereocenters. The average Bonchev–Trinajstić information content (AvgIpc) is 3.47. The summed E-state index contributed by atoms with van der Waals surface area (Å²) in [6.45, 7) is 0.570. The molecule has 6 nitrogen and oxygen atoms in total. The predicted octanol–water partition coefficient (Wildman–Crippen LogP) is 3.77. The lowest BCUT2D eigenvalue weighted by atomic mass is 9.70. The van der Waals surface area contributed by atoms with Gasteiger partial charge in [0.15, 0.2) is 6.23 Å². The molecule has 8 unspecified atom stereocenters. The third kappa shape index (κ3) is 4.83. The summed E-state index contributed by atoms with van der Waals surface area (Å²) in [5.41, 5.74) is 2.14. The number of aliphatic hydroxyl groups is 1. The highest BCUT2D eigenvalue weighted by Crippen LogP contribution is 2.49. The number of hydrogen-bond donors (Lipinski definition) is 4. The number of fused-ring (bicyclic) bond motifs is 9. The van der Waals surface area contributed by atoms with E-state index in [-0.39, 0.29) is 37.6 Å². The van der Waals surface area contributed by atoms with E-state index >= 15 is 0 Å². The van der Waals surface area contributed by atoms with E-state index in [1.54, 1.807) is 0 Å². The van der Waals surface area contributed by atoms with Crippen molar-refractivity contribution in [2.75, 3.05) is 6.54 Å². The summed E-state index contributed by atoms with van der Waals surface area (Å²) in [5, 5.41) is 14.3. The number of halogens is 6. The third-order valence-electron chi connectivity index (χ3n) is 9.17. The summed E-state index contributed by atoms with van der Waals surface area (Å²) in [6.07, 6.45) is -7.19. The van der Waals surface area contributed by atoms with Crippen LogP contribution in [0.2, 0.25) is 0 Å². The highest BCUT2D eigenvalue weighted by molar-refractivity contribution is 5.04. The minimum absolute atomic E-state index is 0.0241. The molecular formula is C23H36F6N4O2. The van der Waals surface area contributed by atoms with Crippen LogP contribution in [-0.4, -0.2) is 65.2 Å². The van der Waals surface area contributed by atoms with Gasteiger partial charge in [0.05, 0.1) is 12.1 Å². The molecule has 12 heteroatoms. The zero-order valence-electron chi connectivity index (χ0n) is 19.7. The Bertz CT molecular complexity index is 755. The summed E-state index contributed by atoms with van der Waals surface area (Å²) in [5.74, 6) is -2.51. The van der Waals surface area contributed by atoms with Crippen molar-refractivity contribution in [1.82, 2.24) is 21.1 Å². The molecule has 1 saturated carbocycles. The van der Waals surface area contributed by atoms with E-state index in [1.165, 1.54) is 0 Å². The molecule has 0 aromatic carbocycles. The van der Waals surface area contributed by atoms with Gasteiger partial charge in [-0.25, -0.2) is 10.9 Å². The summed E-state index contributed by atoms with van der Waals surface area (Å²) in [6, 6.07) is -0.602. The molecule has 0 aromatic heterocycles. The van der Waals surface area contributed by atoms with Crippen molar-refractivity contribution in [3.63, 3.8) is 0 Å². The fourth-order valence-corrected chi connectivity index (χ4v) is 7.35. The Hall–Kier alpha value is -0.660. The molecular weight excluding hydrogens is 478 g/mol. The zero-order chi connectivity index (χ0) is 25.0. The van der Waals surface area contributed by atoms with Crippen molar-refractivity contribution in [3.05, 3.63) is 0 Å². The Morgan fingerprint density at radius 3 is 2.29 bits per heavy atom. The molecule has 5 aliphatic rings. The van der Waals surface area contributed by atoms with Crippen LogP contribution in [0, 0.1) is 17.8 Å². The fraction of sp³-hybridized carbons (Fsp3) is 1.00. The number of hydrazine groups is 1. The molecule has 4 saturated heterocycles. The van der Waals surface area contributed by atoms with Crippen molar-refractivity contribution < 1.29 is 36.2 Å². The number of hydrogen-bond acceptors (Lipinski definition) is 6. The smallest absolute Gasteiger partial charge is 0.377 e. The van der Waals surface area contributed by atoms with Crippen LogP contribution in [0.15, 0.2) is 0 Å². The topological polar surface area (TPSA) is 68.8 Å². The Labute approximate surface area is 201 Å². The summed E-state index contributed by atoms with van der Waals surface area (Å²) in [7, 11) is 0. The SMILES string of the molecule is OC1(C(F)(F)F)C2CCCC(CCC[C@H]3CCCN3C3NC(CCC3C(F)(F)F)C3NNC1O3)C2. The second-order valence-electron chi connectivity index (χ2n) is 11.2. The molecule has 0 amide bonds. The number of rotatable bonds is 0.